The molecule has 0 heterocycles. The molecule has 3 N–H and O–H groups in total. The number of benzene rings is 1. The number of hydrogen-bond acceptors (Lipinski definition) is 3. The number of hydrogen-bond donors (Lipinski definition) is 3. The lowest BCUT2D eigenvalue weighted by Crippen LogP contribution is -2.29. The van der Waals surface area contributed by atoms with Crippen LogP contribution in [0.2, 0.25) is 0 Å². The Balaban J connectivity index is 2.86. The highest BCUT2D eigenvalue weighted by molar-refractivity contribution is 5.96. The third kappa shape index (κ3) is 4.59. The summed E-state index contributed by atoms with van der Waals surface area (Å²) in [6.45, 7) is 6.16. The van der Waals surface area contributed by atoms with Gasteiger partial charge in [-0.2, -0.15) is 0 Å². The van der Waals surface area contributed by atoms with E-state index in [-0.39, 0.29) is 18.2 Å². The minimum absolute atomic E-state index is 0.133. The molecule has 0 saturated heterocycles. The molecular weight excluding hydrogens is 272 g/mol. The van der Waals surface area contributed by atoms with E-state index in [9.17, 15) is 14.4 Å². The molecule has 0 aliphatic heterocycles. The van der Waals surface area contributed by atoms with Gasteiger partial charge in [-0.1, -0.05) is 6.07 Å². The highest BCUT2D eigenvalue weighted by Gasteiger charge is 2.30. The van der Waals surface area contributed by atoms with Gasteiger partial charge in [-0.3, -0.25) is 14.4 Å². The van der Waals surface area contributed by atoms with Crippen LogP contribution in [0.3, 0.4) is 0 Å². The third-order valence-electron chi connectivity index (χ3n) is 3.10. The van der Waals surface area contributed by atoms with Crippen LogP contribution in [0.1, 0.15) is 32.8 Å². The average Bonchev–Trinajstić information content (AvgIpc) is 2.32. The fourth-order valence-electron chi connectivity index (χ4n) is 1.77. The summed E-state index contributed by atoms with van der Waals surface area (Å²) in [6.07, 6.45) is -0.133. The van der Waals surface area contributed by atoms with E-state index in [1.54, 1.807) is 25.1 Å². The average molecular weight is 292 g/mol. The predicted octanol–water partition coefficient (Wildman–Crippen LogP) is 2.39. The van der Waals surface area contributed by atoms with Gasteiger partial charge >= 0.3 is 5.97 Å². The van der Waals surface area contributed by atoms with E-state index in [1.807, 2.05) is 0 Å². The molecule has 6 nitrogen and oxygen atoms in total. The number of rotatable bonds is 5. The Kier molecular flexibility index (Phi) is 5.07. The van der Waals surface area contributed by atoms with Gasteiger partial charge < -0.3 is 15.7 Å². The number of carboxylic acids is 1. The van der Waals surface area contributed by atoms with Crippen LogP contribution in [0.15, 0.2) is 18.2 Å². The van der Waals surface area contributed by atoms with Crippen molar-refractivity contribution in [2.24, 2.45) is 5.41 Å². The molecular formula is C15H20N2O4. The smallest absolute Gasteiger partial charge is 0.309 e. The van der Waals surface area contributed by atoms with E-state index in [2.05, 4.69) is 10.6 Å². The van der Waals surface area contributed by atoms with Crippen molar-refractivity contribution < 1.29 is 19.5 Å². The lowest BCUT2D eigenvalue weighted by molar-refractivity contribution is -0.149. The van der Waals surface area contributed by atoms with Gasteiger partial charge in [0.2, 0.25) is 11.8 Å². The molecule has 114 valence electrons. The maximum atomic E-state index is 12.0. The van der Waals surface area contributed by atoms with Crippen molar-refractivity contribution in [3.63, 3.8) is 0 Å². The minimum atomic E-state index is -1.13. The molecule has 0 bridgehead atoms. The summed E-state index contributed by atoms with van der Waals surface area (Å²) in [7, 11) is 0. The third-order valence-corrected chi connectivity index (χ3v) is 3.10. The highest BCUT2D eigenvalue weighted by atomic mass is 16.4. The van der Waals surface area contributed by atoms with Gasteiger partial charge in [0.25, 0.3) is 0 Å². The highest BCUT2D eigenvalue weighted by Crippen LogP contribution is 2.25. The molecule has 0 saturated carbocycles. The Bertz CT molecular complexity index is 579. The Morgan fingerprint density at radius 2 is 1.67 bits per heavy atom. The second-order valence-corrected chi connectivity index (χ2v) is 5.57. The fraction of sp³-hybridized carbons (Fsp3) is 0.400. The van der Waals surface area contributed by atoms with Crippen LogP contribution < -0.4 is 10.6 Å². The maximum absolute atomic E-state index is 12.0. The maximum Gasteiger partial charge on any atom is 0.309 e. The first-order valence-electron chi connectivity index (χ1n) is 6.54. The van der Waals surface area contributed by atoms with Crippen LogP contribution in [0.25, 0.3) is 0 Å². The molecule has 21 heavy (non-hydrogen) atoms. The van der Waals surface area contributed by atoms with E-state index in [4.69, 9.17) is 5.11 Å². The van der Waals surface area contributed by atoms with Gasteiger partial charge in [0, 0.05) is 24.7 Å². The normalized spacial score (nSPS) is 10.9. The van der Waals surface area contributed by atoms with Gasteiger partial charge in [0.05, 0.1) is 5.41 Å². The van der Waals surface area contributed by atoms with Crippen molar-refractivity contribution in [2.45, 2.75) is 34.1 Å². The SMILES string of the molecule is CC(=O)Nc1cccc(NC(=O)CC(C)(C)C(=O)O)c1C. The summed E-state index contributed by atoms with van der Waals surface area (Å²) in [4.78, 5) is 34.1. The van der Waals surface area contributed by atoms with Crippen molar-refractivity contribution in [3.05, 3.63) is 23.8 Å². The molecule has 0 aliphatic rings. The molecule has 1 aromatic rings. The lowest BCUT2D eigenvalue weighted by atomic mass is 9.89. The molecule has 0 atom stereocenters. The van der Waals surface area contributed by atoms with E-state index < -0.39 is 11.4 Å². The summed E-state index contributed by atoms with van der Waals surface area (Å²) >= 11 is 0. The first kappa shape index (κ1) is 16.7. The number of nitrogens with one attached hydrogen (secondary N) is 2. The van der Waals surface area contributed by atoms with E-state index >= 15 is 0 Å². The number of aliphatic carboxylic acids is 1. The van der Waals surface area contributed by atoms with Crippen LogP contribution in [0, 0.1) is 12.3 Å². The van der Waals surface area contributed by atoms with E-state index in [0.717, 1.165) is 0 Å². The number of carboxylic acid groups (broad SMARTS) is 1. The molecule has 6 heteroatoms. The molecule has 0 unspecified atom stereocenters. The van der Waals surface area contributed by atoms with Gasteiger partial charge in [0.1, 0.15) is 0 Å². The Morgan fingerprint density at radius 1 is 1.14 bits per heavy atom. The molecule has 2 amide bonds. The quantitative estimate of drug-likeness (QED) is 0.776. The summed E-state index contributed by atoms with van der Waals surface area (Å²) in [5, 5.41) is 14.4. The van der Waals surface area contributed by atoms with Crippen molar-refractivity contribution in [2.75, 3.05) is 10.6 Å². The van der Waals surface area contributed by atoms with Crippen LogP contribution in [0.4, 0.5) is 11.4 Å². The van der Waals surface area contributed by atoms with Crippen LogP contribution in [-0.4, -0.2) is 22.9 Å². The first-order chi connectivity index (χ1) is 9.63. The van der Waals surface area contributed by atoms with Crippen LogP contribution in [-0.2, 0) is 14.4 Å². The molecule has 0 aromatic heterocycles. The van der Waals surface area contributed by atoms with Crippen molar-refractivity contribution in [1.82, 2.24) is 0 Å². The zero-order valence-corrected chi connectivity index (χ0v) is 12.6. The molecule has 0 spiro atoms. The van der Waals surface area contributed by atoms with E-state index in [0.29, 0.717) is 16.9 Å². The fourth-order valence-corrected chi connectivity index (χ4v) is 1.77. The van der Waals surface area contributed by atoms with Gasteiger partial charge in [-0.05, 0) is 38.5 Å². The van der Waals surface area contributed by atoms with Crippen LogP contribution >= 0.6 is 0 Å². The zero-order valence-electron chi connectivity index (χ0n) is 12.6. The number of carbonyl (C=O) groups is 3. The monoisotopic (exact) mass is 292 g/mol. The van der Waals surface area contributed by atoms with Crippen molar-refractivity contribution in [3.8, 4) is 0 Å². The Hall–Kier alpha value is -2.37. The zero-order chi connectivity index (χ0) is 16.2. The largest absolute Gasteiger partial charge is 0.481 e. The topological polar surface area (TPSA) is 95.5 Å². The van der Waals surface area contributed by atoms with E-state index in [1.165, 1.54) is 20.8 Å². The molecule has 1 aromatic carbocycles. The summed E-state index contributed by atoms with van der Waals surface area (Å²) in [6, 6.07) is 5.14. The first-order valence-corrected chi connectivity index (χ1v) is 6.54. The van der Waals surface area contributed by atoms with Gasteiger partial charge in [-0.25, -0.2) is 0 Å². The van der Waals surface area contributed by atoms with Crippen molar-refractivity contribution >= 4 is 29.2 Å². The molecule has 0 radical (unpaired) electrons. The lowest BCUT2D eigenvalue weighted by Gasteiger charge is -2.19. The molecule has 1 rings (SSSR count). The summed E-state index contributed by atoms with van der Waals surface area (Å²) in [5.41, 5.74) is 0.743. The molecule has 0 aliphatic carbocycles. The standard InChI is InChI=1S/C15H20N2O4/c1-9-11(16-10(2)18)6-5-7-12(9)17-13(19)8-15(3,4)14(20)21/h5-7H,8H2,1-4H3,(H,16,18)(H,17,19)(H,20,21). The second kappa shape index (κ2) is 6.39. The number of carbonyl (C=O) groups excluding carboxylic acids is 2. The Labute approximate surface area is 123 Å². The van der Waals surface area contributed by atoms with Gasteiger partial charge in [0.15, 0.2) is 0 Å². The summed E-state index contributed by atoms with van der Waals surface area (Å²) < 4.78 is 0. The minimum Gasteiger partial charge on any atom is -0.481 e. The predicted molar refractivity (Wildman–Crippen MR) is 80.1 cm³/mol. The molecule has 0 fully saturated rings. The number of anilines is 2. The van der Waals surface area contributed by atoms with Crippen LogP contribution in [0.5, 0.6) is 0 Å². The second-order valence-electron chi connectivity index (χ2n) is 5.57. The van der Waals surface area contributed by atoms with Gasteiger partial charge in [-0.15, -0.1) is 0 Å². The summed E-state index contributed by atoms with van der Waals surface area (Å²) in [5.74, 6) is -1.61. The van der Waals surface area contributed by atoms with Crippen molar-refractivity contribution in [1.29, 1.82) is 0 Å². The Morgan fingerprint density at radius 3 is 2.14 bits per heavy atom. The number of amides is 2.